The molecule has 2 saturated carbocycles. The van der Waals surface area contributed by atoms with Crippen molar-refractivity contribution in [2.75, 3.05) is 43.4 Å². The van der Waals surface area contributed by atoms with Crippen LogP contribution in [0.1, 0.15) is 196 Å². The van der Waals surface area contributed by atoms with E-state index in [4.69, 9.17) is 32.2 Å². The summed E-state index contributed by atoms with van der Waals surface area (Å²) in [5.74, 6) is 1.56. The number of benzene rings is 7. The first-order valence-corrected chi connectivity index (χ1v) is 48.2. The monoisotopic (exact) mass is 1740 g/mol. The highest BCUT2D eigenvalue weighted by Gasteiger charge is 2.41. The molecule has 132 heavy (non-hydrogen) atoms. The zero-order chi connectivity index (χ0) is 88.8. The molecule has 7 aromatic carbocycles. The van der Waals surface area contributed by atoms with Gasteiger partial charge in [-0.2, -0.15) is 15.3 Å². The number of pyridine rings is 5. The Kier molecular flexibility index (Phi) is 21.7. The van der Waals surface area contributed by atoms with Gasteiger partial charge in [-0.3, -0.25) is 40.2 Å². The molecule has 27 rings (SSSR count). The zero-order valence-electron chi connectivity index (χ0n) is 75.7. The predicted molar refractivity (Wildman–Crippen MR) is 533 cm³/mol. The number of fused-ring (bicyclic) bond motifs is 25. The SMILES string of the molecule is CC(C)(N)c1nc2ccc3[nH]ncc3c2c2c1CCCC2.CN1CCN(c2ncc(Nc3ccc(-c4[nH]c5ccc6nccc6c5c5c4CCCC5)cc3)cn2)CC1.NC1(c2nc3ccc4[nH]ncc4c3c3c2CCCC3)CCC1.NC1(c2nc3ccc4[nH]ncc4c3c3c2CCCC3)CCCC1.c1cnc(-c2ccc(-c3[nH]c4ccc5nccc5c4c4c3CCCC4)cc2)nc1. The lowest BCUT2D eigenvalue weighted by atomic mass is 9.71. The van der Waals surface area contributed by atoms with Crippen LogP contribution in [0.15, 0.2) is 183 Å². The van der Waals surface area contributed by atoms with Crippen LogP contribution in [0.3, 0.4) is 0 Å². The summed E-state index contributed by atoms with van der Waals surface area (Å²) in [6.45, 7) is 8.12. The minimum Gasteiger partial charge on any atom is -0.354 e. The number of aromatic amines is 5. The van der Waals surface area contributed by atoms with Crippen molar-refractivity contribution in [1.82, 2.24) is 90.3 Å². The quantitative estimate of drug-likeness (QED) is 0.0648. The summed E-state index contributed by atoms with van der Waals surface area (Å²) < 4.78 is 0. The van der Waals surface area contributed by atoms with Gasteiger partial charge in [0.2, 0.25) is 5.95 Å². The van der Waals surface area contributed by atoms with E-state index < -0.39 is 5.54 Å². The molecule has 664 valence electrons. The van der Waals surface area contributed by atoms with Crippen molar-refractivity contribution in [2.45, 2.75) is 204 Å². The lowest BCUT2D eigenvalue weighted by molar-refractivity contribution is 0.244. The maximum atomic E-state index is 6.81. The Morgan fingerprint density at radius 3 is 1.17 bits per heavy atom. The van der Waals surface area contributed by atoms with Crippen molar-refractivity contribution in [3.63, 3.8) is 0 Å². The van der Waals surface area contributed by atoms with Gasteiger partial charge in [0, 0.05) is 139 Å². The molecule has 1 aliphatic heterocycles. The van der Waals surface area contributed by atoms with Gasteiger partial charge in [-0.25, -0.2) is 19.9 Å². The number of rotatable bonds is 9. The normalized spacial score (nSPS) is 16.9. The van der Waals surface area contributed by atoms with Crippen LogP contribution in [0, 0.1) is 0 Å². The number of aromatic nitrogens is 17. The molecule has 3 fully saturated rings. The molecule has 23 heteroatoms. The number of nitrogens with one attached hydrogen (secondary N) is 6. The van der Waals surface area contributed by atoms with Gasteiger partial charge in [-0.1, -0.05) is 49.2 Å². The smallest absolute Gasteiger partial charge is 0.225 e. The van der Waals surface area contributed by atoms with Gasteiger partial charge < -0.3 is 42.3 Å². The number of hydrogen-bond acceptors (Lipinski definition) is 18. The zero-order valence-corrected chi connectivity index (χ0v) is 75.7. The number of piperazine rings is 1. The molecule has 12 aromatic heterocycles. The lowest BCUT2D eigenvalue weighted by Gasteiger charge is -2.40. The van der Waals surface area contributed by atoms with Gasteiger partial charge in [-0.05, 0) is 339 Å². The number of nitrogens with two attached hydrogens (primary N) is 3. The number of nitrogens with zero attached hydrogens (tertiary/aromatic N) is 14. The van der Waals surface area contributed by atoms with E-state index >= 15 is 0 Å². The topological polar surface area (TPSA) is 330 Å². The fourth-order valence-electron chi connectivity index (χ4n) is 23.1. The molecular formula is C109H113N23. The molecular weight excluding hydrogens is 1630 g/mol. The second-order valence-electron chi connectivity index (χ2n) is 38.8. The maximum absolute atomic E-state index is 6.81. The molecule has 0 amide bonds. The molecule has 8 aliphatic rings. The molecule has 0 bridgehead atoms. The van der Waals surface area contributed by atoms with Crippen molar-refractivity contribution in [3.8, 4) is 33.9 Å². The molecule has 1 saturated heterocycles. The molecule has 19 aromatic rings. The number of aryl methyl sites for hydroxylation is 5. The first-order chi connectivity index (χ1) is 64.7. The van der Waals surface area contributed by atoms with E-state index in [-0.39, 0.29) is 11.1 Å². The Morgan fingerprint density at radius 2 is 0.727 bits per heavy atom. The van der Waals surface area contributed by atoms with E-state index in [1.807, 2.05) is 63.3 Å². The van der Waals surface area contributed by atoms with Crippen molar-refractivity contribution in [2.24, 2.45) is 17.2 Å². The second kappa shape index (κ2) is 34.4. The van der Waals surface area contributed by atoms with Crippen LogP contribution in [0.25, 0.3) is 143 Å². The van der Waals surface area contributed by atoms with Crippen LogP contribution >= 0.6 is 0 Å². The highest BCUT2D eigenvalue weighted by molar-refractivity contribution is 6.12. The maximum Gasteiger partial charge on any atom is 0.225 e. The molecule has 0 unspecified atom stereocenters. The first-order valence-electron chi connectivity index (χ1n) is 48.2. The van der Waals surface area contributed by atoms with Crippen LogP contribution in [0.2, 0.25) is 0 Å². The summed E-state index contributed by atoms with van der Waals surface area (Å²) in [7, 11) is 2.16. The van der Waals surface area contributed by atoms with Gasteiger partial charge in [0.15, 0.2) is 5.82 Å². The fraction of sp³-hybridized carbons (Fsp3) is 0.339. The molecule has 0 spiro atoms. The molecule has 0 atom stereocenters. The minimum absolute atomic E-state index is 0.180. The minimum atomic E-state index is -0.402. The van der Waals surface area contributed by atoms with E-state index in [0.29, 0.717) is 0 Å². The number of anilines is 3. The highest BCUT2D eigenvalue weighted by Crippen LogP contribution is 2.48. The Labute approximate surface area is 766 Å². The van der Waals surface area contributed by atoms with Crippen molar-refractivity contribution in [3.05, 3.63) is 256 Å². The van der Waals surface area contributed by atoms with Crippen LogP contribution in [-0.4, -0.2) is 124 Å². The first kappa shape index (κ1) is 83.0. The van der Waals surface area contributed by atoms with E-state index in [2.05, 4.69) is 214 Å². The van der Waals surface area contributed by atoms with Crippen LogP contribution in [0.5, 0.6) is 0 Å². The molecule has 0 radical (unpaired) electrons. The van der Waals surface area contributed by atoms with Crippen molar-refractivity contribution in [1.29, 1.82) is 0 Å². The van der Waals surface area contributed by atoms with E-state index in [9.17, 15) is 0 Å². The standard InChI is InChI=1S/C30H31N7.C25H20N4.C19H22N4.C18H20N4.C17H20N4/c1-36-14-16-37(17-15-36)30-32-18-22(19-33-30)34-21-8-6-20(7-9-21)29-24-5-3-2-4-23(24)28-25-12-13-31-26(25)10-11-27(28)35-29;1-2-5-19-18(4-1)23-20-12-15-26-21(20)10-11-22(23)29-24(19)16-6-8-17(9-7-16)25-27-13-3-14-28-25;20-19(9-3-4-10-19)18-13-6-2-1-5-12(13)17-14-11-21-23-15(14)7-8-16(17)22-18;19-18(8-3-9-18)17-12-5-2-1-4-11(12)16-13-10-20-22-14(13)6-7-15(16)21-17;1-17(2,18)16-11-6-4-3-5-10(11)15-12-9-19-21-13(12)7-8-14(15)20-16/h6-13,18-19,34-35H,2-5,14-17H2,1H3;3,6-15,29H,1-2,4-5H2;7-8,11H,1-6,9-10,20H2,(H,21,23);6-7,10H,1-5,8-9,19H2,(H,20,22);7-9H,3-6,18H2,1-2H3,(H,19,21). The number of likely N-dealkylation sites (N-methyl/N-ethyl adjacent to an activating group) is 1. The highest BCUT2D eigenvalue weighted by atomic mass is 15.3. The predicted octanol–water partition coefficient (Wildman–Crippen LogP) is 21.5. The van der Waals surface area contributed by atoms with E-state index in [0.717, 1.165) is 195 Å². The van der Waals surface area contributed by atoms with Crippen molar-refractivity contribution < 1.29 is 0 Å². The van der Waals surface area contributed by atoms with Gasteiger partial charge >= 0.3 is 0 Å². The molecule has 7 aliphatic carbocycles. The van der Waals surface area contributed by atoms with E-state index in [1.54, 1.807) is 12.4 Å². The summed E-state index contributed by atoms with van der Waals surface area (Å²) in [4.78, 5) is 54.2. The second-order valence-corrected chi connectivity index (χ2v) is 38.8. The lowest BCUT2D eigenvalue weighted by Crippen LogP contribution is -2.45. The van der Waals surface area contributed by atoms with Crippen LogP contribution < -0.4 is 27.4 Å². The Balaban J connectivity index is 0.0000000952. The fourth-order valence-corrected chi connectivity index (χ4v) is 23.1. The molecule has 12 N–H and O–H groups in total. The third kappa shape index (κ3) is 15.3. The Bertz CT molecular complexity index is 7580. The third-order valence-electron chi connectivity index (χ3n) is 29.9. The van der Waals surface area contributed by atoms with Crippen LogP contribution in [-0.2, 0) is 80.8 Å². The average Bonchev–Trinajstić information content (AvgIpc) is 1.17. The molecule has 23 nitrogen and oxygen atoms in total. The average molecular weight is 1750 g/mol. The summed E-state index contributed by atoms with van der Waals surface area (Å²) >= 11 is 0. The van der Waals surface area contributed by atoms with Gasteiger partial charge in [0.05, 0.1) is 115 Å². The summed E-state index contributed by atoms with van der Waals surface area (Å²) in [5, 5.41) is 38.0. The van der Waals surface area contributed by atoms with Gasteiger partial charge in [0.25, 0.3) is 0 Å². The summed E-state index contributed by atoms with van der Waals surface area (Å²) in [5.41, 5.74) is 56.0. The number of H-pyrrole nitrogens is 5. The van der Waals surface area contributed by atoms with Crippen LogP contribution in [0.4, 0.5) is 17.3 Å². The Hall–Kier alpha value is -13.3. The molecule has 13 heterocycles. The third-order valence-corrected chi connectivity index (χ3v) is 29.9. The van der Waals surface area contributed by atoms with Crippen molar-refractivity contribution >= 4 is 126 Å². The van der Waals surface area contributed by atoms with Gasteiger partial charge in [0.1, 0.15) is 0 Å². The Morgan fingerprint density at radius 1 is 0.341 bits per heavy atom. The summed E-state index contributed by atoms with van der Waals surface area (Å²) in [6, 6.07) is 44.6. The van der Waals surface area contributed by atoms with Gasteiger partial charge in [-0.15, -0.1) is 0 Å². The largest absolute Gasteiger partial charge is 0.354 e. The summed E-state index contributed by atoms with van der Waals surface area (Å²) in [6.07, 6.45) is 48.6. The number of hydrogen-bond donors (Lipinski definition) is 9. The van der Waals surface area contributed by atoms with E-state index in [1.165, 1.54) is 238 Å².